The van der Waals surface area contributed by atoms with Crippen LogP contribution in [0.5, 0.6) is 0 Å². The van der Waals surface area contributed by atoms with E-state index in [2.05, 4.69) is 28.6 Å². The molecule has 0 radical (unpaired) electrons. The summed E-state index contributed by atoms with van der Waals surface area (Å²) in [7, 11) is 0. The molecule has 4 nitrogen and oxygen atoms in total. The Morgan fingerprint density at radius 1 is 1.35 bits per heavy atom. The molecular formula is C15H23N3OS. The van der Waals surface area contributed by atoms with Crippen LogP contribution in [0.25, 0.3) is 0 Å². The highest BCUT2D eigenvalue weighted by Crippen LogP contribution is 2.40. The quantitative estimate of drug-likeness (QED) is 0.860. The Labute approximate surface area is 124 Å². The molecule has 5 heteroatoms. The lowest BCUT2D eigenvalue weighted by Gasteiger charge is -2.45. The molecule has 20 heavy (non-hydrogen) atoms. The number of nitrogens with zero attached hydrogens (tertiary/aromatic N) is 3. The molecule has 2 aliphatic rings. The molecular weight excluding hydrogens is 270 g/mol. The molecule has 0 bridgehead atoms. The standard InChI is InChI=1S/C15H23N3OS/c1-12(2)11-18-13(19)3-4-15(18)5-8-17(9-6-15)14-16-7-10-20-14/h7,10,12H,3-6,8-9,11H2,1-2H3. The highest BCUT2D eigenvalue weighted by Gasteiger charge is 2.46. The molecule has 0 saturated carbocycles. The van der Waals surface area contributed by atoms with Crippen LogP contribution in [0.2, 0.25) is 0 Å². The molecule has 0 aliphatic carbocycles. The molecule has 1 spiro atoms. The van der Waals surface area contributed by atoms with Gasteiger partial charge in [0.15, 0.2) is 5.13 Å². The lowest BCUT2D eigenvalue weighted by molar-refractivity contribution is -0.132. The van der Waals surface area contributed by atoms with E-state index in [1.807, 2.05) is 11.6 Å². The first kappa shape index (κ1) is 13.9. The van der Waals surface area contributed by atoms with Crippen molar-refractivity contribution < 1.29 is 4.79 Å². The fourth-order valence-electron chi connectivity index (χ4n) is 3.54. The number of amides is 1. The summed E-state index contributed by atoms with van der Waals surface area (Å²) in [4.78, 5) is 21.2. The maximum Gasteiger partial charge on any atom is 0.223 e. The second kappa shape index (κ2) is 5.35. The first-order valence-corrected chi connectivity index (χ1v) is 8.44. The summed E-state index contributed by atoms with van der Waals surface area (Å²) in [5.41, 5.74) is 0.134. The van der Waals surface area contributed by atoms with Crippen LogP contribution in [0.4, 0.5) is 5.13 Å². The van der Waals surface area contributed by atoms with Crippen molar-refractivity contribution in [3.8, 4) is 0 Å². The monoisotopic (exact) mass is 293 g/mol. The second-order valence-electron chi connectivity index (χ2n) is 6.42. The predicted molar refractivity (Wildman–Crippen MR) is 82.1 cm³/mol. The molecule has 0 unspecified atom stereocenters. The van der Waals surface area contributed by atoms with E-state index < -0.39 is 0 Å². The summed E-state index contributed by atoms with van der Waals surface area (Å²) in [6.07, 6.45) is 5.83. The van der Waals surface area contributed by atoms with Crippen molar-refractivity contribution >= 4 is 22.4 Å². The van der Waals surface area contributed by atoms with Crippen molar-refractivity contribution in [1.29, 1.82) is 0 Å². The van der Waals surface area contributed by atoms with Gasteiger partial charge in [0.05, 0.1) is 0 Å². The zero-order chi connectivity index (χ0) is 14.2. The Bertz CT molecular complexity index is 463. The van der Waals surface area contributed by atoms with Gasteiger partial charge in [-0.3, -0.25) is 4.79 Å². The molecule has 1 amide bonds. The van der Waals surface area contributed by atoms with Gasteiger partial charge < -0.3 is 9.80 Å². The molecule has 3 rings (SSSR count). The van der Waals surface area contributed by atoms with Crippen LogP contribution in [0, 0.1) is 5.92 Å². The van der Waals surface area contributed by atoms with Gasteiger partial charge in [-0.15, -0.1) is 11.3 Å². The number of anilines is 1. The van der Waals surface area contributed by atoms with Gasteiger partial charge in [-0.25, -0.2) is 4.98 Å². The van der Waals surface area contributed by atoms with Crippen LogP contribution in [0.15, 0.2) is 11.6 Å². The number of rotatable bonds is 3. The number of hydrogen-bond donors (Lipinski definition) is 0. The zero-order valence-electron chi connectivity index (χ0n) is 12.3. The minimum absolute atomic E-state index is 0.134. The van der Waals surface area contributed by atoms with E-state index in [4.69, 9.17) is 0 Å². The summed E-state index contributed by atoms with van der Waals surface area (Å²) in [6.45, 7) is 7.36. The fraction of sp³-hybridized carbons (Fsp3) is 0.733. The SMILES string of the molecule is CC(C)CN1C(=O)CCC12CCN(c1nccs1)CC2. The Balaban J connectivity index is 1.70. The maximum atomic E-state index is 12.2. The van der Waals surface area contributed by atoms with Gasteiger partial charge in [0, 0.05) is 43.2 Å². The lowest BCUT2D eigenvalue weighted by atomic mass is 9.84. The van der Waals surface area contributed by atoms with Crippen LogP contribution in [0.3, 0.4) is 0 Å². The van der Waals surface area contributed by atoms with Crippen molar-refractivity contribution in [3.63, 3.8) is 0 Å². The van der Waals surface area contributed by atoms with Gasteiger partial charge in [-0.05, 0) is 25.2 Å². The molecule has 1 aromatic heterocycles. The third-order valence-electron chi connectivity index (χ3n) is 4.61. The molecule has 0 aromatic carbocycles. The van der Waals surface area contributed by atoms with Crippen molar-refractivity contribution in [3.05, 3.63) is 11.6 Å². The van der Waals surface area contributed by atoms with Crippen LogP contribution >= 0.6 is 11.3 Å². The van der Waals surface area contributed by atoms with Crippen LogP contribution in [-0.4, -0.2) is 41.0 Å². The van der Waals surface area contributed by atoms with E-state index in [0.29, 0.717) is 11.8 Å². The molecule has 2 aliphatic heterocycles. The van der Waals surface area contributed by atoms with Gasteiger partial charge in [0.25, 0.3) is 0 Å². The van der Waals surface area contributed by atoms with Gasteiger partial charge in [0.1, 0.15) is 0 Å². The highest BCUT2D eigenvalue weighted by molar-refractivity contribution is 7.13. The Kier molecular flexibility index (Phi) is 3.71. The third kappa shape index (κ3) is 2.43. The molecule has 0 N–H and O–H groups in total. The van der Waals surface area contributed by atoms with Crippen LogP contribution in [-0.2, 0) is 4.79 Å². The van der Waals surface area contributed by atoms with E-state index >= 15 is 0 Å². The van der Waals surface area contributed by atoms with Gasteiger partial charge >= 0.3 is 0 Å². The first-order valence-electron chi connectivity index (χ1n) is 7.56. The van der Waals surface area contributed by atoms with Crippen LogP contribution < -0.4 is 4.90 Å². The number of hydrogen-bond acceptors (Lipinski definition) is 4. The Morgan fingerprint density at radius 2 is 2.10 bits per heavy atom. The Morgan fingerprint density at radius 3 is 2.70 bits per heavy atom. The first-order chi connectivity index (χ1) is 9.61. The van der Waals surface area contributed by atoms with Gasteiger partial charge in [-0.2, -0.15) is 0 Å². The summed E-state index contributed by atoms with van der Waals surface area (Å²) in [6, 6.07) is 0. The molecule has 2 fully saturated rings. The lowest BCUT2D eigenvalue weighted by Crippen LogP contribution is -2.54. The summed E-state index contributed by atoms with van der Waals surface area (Å²) in [5, 5.41) is 3.16. The van der Waals surface area contributed by atoms with E-state index in [9.17, 15) is 4.79 Å². The Hall–Kier alpha value is -1.10. The minimum atomic E-state index is 0.134. The van der Waals surface area contributed by atoms with Gasteiger partial charge in [0.2, 0.25) is 5.91 Å². The number of piperidine rings is 1. The average molecular weight is 293 g/mol. The molecule has 2 saturated heterocycles. The molecule has 1 aromatic rings. The number of thiazole rings is 1. The predicted octanol–water partition coefficient (Wildman–Crippen LogP) is 2.76. The molecule has 110 valence electrons. The highest BCUT2D eigenvalue weighted by atomic mass is 32.1. The van der Waals surface area contributed by atoms with E-state index in [1.165, 1.54) is 0 Å². The van der Waals surface area contributed by atoms with Crippen molar-refractivity contribution in [2.24, 2.45) is 5.92 Å². The number of carbonyl (C=O) groups excluding carboxylic acids is 1. The summed E-state index contributed by atoms with van der Waals surface area (Å²) < 4.78 is 0. The third-order valence-corrected chi connectivity index (χ3v) is 5.44. The minimum Gasteiger partial charge on any atom is -0.348 e. The zero-order valence-corrected chi connectivity index (χ0v) is 13.2. The van der Waals surface area contributed by atoms with E-state index in [1.54, 1.807) is 11.3 Å². The van der Waals surface area contributed by atoms with Gasteiger partial charge in [-0.1, -0.05) is 13.8 Å². The average Bonchev–Trinajstić information content (AvgIpc) is 3.04. The topological polar surface area (TPSA) is 36.4 Å². The van der Waals surface area contributed by atoms with E-state index in [0.717, 1.165) is 50.4 Å². The van der Waals surface area contributed by atoms with Crippen molar-refractivity contribution in [1.82, 2.24) is 9.88 Å². The molecule has 3 heterocycles. The number of carbonyl (C=O) groups is 1. The normalized spacial score (nSPS) is 22.2. The van der Waals surface area contributed by atoms with Crippen molar-refractivity contribution in [2.45, 2.75) is 45.1 Å². The fourth-order valence-corrected chi connectivity index (χ4v) is 4.24. The summed E-state index contributed by atoms with van der Waals surface area (Å²) >= 11 is 1.71. The smallest absolute Gasteiger partial charge is 0.223 e. The van der Waals surface area contributed by atoms with E-state index in [-0.39, 0.29) is 5.54 Å². The largest absolute Gasteiger partial charge is 0.348 e. The van der Waals surface area contributed by atoms with Crippen LogP contribution in [0.1, 0.15) is 39.5 Å². The summed E-state index contributed by atoms with van der Waals surface area (Å²) in [5.74, 6) is 0.910. The maximum absolute atomic E-state index is 12.2. The molecule has 0 atom stereocenters. The second-order valence-corrected chi connectivity index (χ2v) is 7.30. The number of aromatic nitrogens is 1. The number of likely N-dealkylation sites (tertiary alicyclic amines) is 1. The van der Waals surface area contributed by atoms with Crippen molar-refractivity contribution in [2.75, 3.05) is 24.5 Å².